The van der Waals surface area contributed by atoms with Gasteiger partial charge in [-0.15, -0.1) is 0 Å². The highest BCUT2D eigenvalue weighted by atomic mass is 32.2. The molecule has 0 heterocycles. The molecule has 0 atom stereocenters. The summed E-state index contributed by atoms with van der Waals surface area (Å²) in [5.41, 5.74) is 1.61. The predicted octanol–water partition coefficient (Wildman–Crippen LogP) is 1.13. The molecule has 0 unspecified atom stereocenters. The van der Waals surface area contributed by atoms with E-state index in [9.17, 15) is 8.42 Å². The third-order valence-electron chi connectivity index (χ3n) is 1.47. The highest BCUT2D eigenvalue weighted by Crippen LogP contribution is 2.24. The van der Waals surface area contributed by atoms with Crippen molar-refractivity contribution >= 4 is 15.2 Å². The zero-order valence-corrected chi connectivity index (χ0v) is 7.32. The van der Waals surface area contributed by atoms with Gasteiger partial charge in [0.15, 0.2) is 11.1 Å². The first kappa shape index (κ1) is 8.74. The van der Waals surface area contributed by atoms with Crippen LogP contribution in [-0.4, -0.2) is 13.3 Å². The fourth-order valence-electron chi connectivity index (χ4n) is 1.04. The van der Waals surface area contributed by atoms with Crippen molar-refractivity contribution in [1.29, 1.82) is 0 Å². The van der Waals surface area contributed by atoms with Gasteiger partial charge in [0.25, 0.3) is 10.3 Å². The molecule has 1 rings (SSSR count). The zero-order valence-electron chi connectivity index (χ0n) is 6.50. The van der Waals surface area contributed by atoms with E-state index in [1.807, 2.05) is 0 Å². The van der Waals surface area contributed by atoms with Gasteiger partial charge in [-0.1, -0.05) is 6.58 Å². The number of hydrogen-bond acceptors (Lipinski definition) is 2. The molecule has 0 amide bonds. The molecule has 12 heavy (non-hydrogen) atoms. The molecular weight excluding hydrogens is 172 g/mol. The van der Waals surface area contributed by atoms with E-state index >= 15 is 0 Å². The highest BCUT2D eigenvalue weighted by Gasteiger charge is 2.33. The smallest absolute Gasteiger partial charge is 0.166 e. The summed E-state index contributed by atoms with van der Waals surface area (Å²) in [6.07, 6.45) is 3.22. The normalized spacial score (nSPS) is 17.0. The summed E-state index contributed by atoms with van der Waals surface area (Å²) >= 11 is 0. The lowest BCUT2D eigenvalue weighted by Gasteiger charge is -2.02. The Kier molecular flexibility index (Phi) is 2.15. The Morgan fingerprint density at radius 3 is 1.75 bits per heavy atom. The van der Waals surface area contributed by atoms with E-state index in [0.717, 1.165) is 5.57 Å². The molecule has 0 spiro atoms. The summed E-state index contributed by atoms with van der Waals surface area (Å²) in [5, 5.41) is 0. The molecule has 0 bridgehead atoms. The van der Waals surface area contributed by atoms with E-state index in [2.05, 4.69) is 19.7 Å². The van der Waals surface area contributed by atoms with Gasteiger partial charge < -0.3 is 0 Å². The Morgan fingerprint density at radius 2 is 1.42 bits per heavy atom. The maximum Gasteiger partial charge on any atom is 0.291 e. The van der Waals surface area contributed by atoms with E-state index in [-0.39, 0.29) is 4.86 Å². The van der Waals surface area contributed by atoms with Crippen LogP contribution in [0, 0.1) is 12.8 Å². The Balaban J connectivity index is 3.23. The van der Waals surface area contributed by atoms with Crippen LogP contribution in [0.3, 0.4) is 0 Å². The van der Waals surface area contributed by atoms with Crippen LogP contribution in [0.15, 0.2) is 36.5 Å². The Morgan fingerprint density at radius 1 is 1.00 bits per heavy atom. The first-order valence-electron chi connectivity index (χ1n) is 3.25. The van der Waals surface area contributed by atoms with Gasteiger partial charge in [-0.05, 0) is 0 Å². The molecule has 2 nitrogen and oxygen atoms in total. The molecule has 0 aromatic heterocycles. The monoisotopic (exact) mass is 180 g/mol. The van der Waals surface area contributed by atoms with Gasteiger partial charge in [0, 0.05) is 13.2 Å². The van der Waals surface area contributed by atoms with E-state index in [1.165, 1.54) is 0 Å². The SMILES string of the molecule is C=C1[CH+]C(=C)C(=S(=O)=O)C(=C)[CH+]1. The minimum Gasteiger partial charge on any atom is -0.166 e. The summed E-state index contributed by atoms with van der Waals surface area (Å²) in [4.78, 5) is 0.169. The van der Waals surface area contributed by atoms with Crippen molar-refractivity contribution in [2.24, 2.45) is 0 Å². The molecule has 0 N–H and O–H groups in total. The van der Waals surface area contributed by atoms with Crippen LogP contribution in [-0.2, 0) is 10.3 Å². The average Bonchev–Trinajstić information content (AvgIpc) is 1.82. The number of rotatable bonds is 0. The van der Waals surface area contributed by atoms with Crippen molar-refractivity contribution in [3.63, 3.8) is 0 Å². The van der Waals surface area contributed by atoms with Crippen molar-refractivity contribution in [2.45, 2.75) is 0 Å². The lowest BCUT2D eigenvalue weighted by Crippen LogP contribution is -2.14. The Hall–Kier alpha value is -1.35. The highest BCUT2D eigenvalue weighted by molar-refractivity contribution is 7.74. The molecule has 1 saturated carbocycles. The average molecular weight is 180 g/mol. The summed E-state index contributed by atoms with van der Waals surface area (Å²) in [7, 11) is -2.26. The molecule has 0 saturated heterocycles. The summed E-state index contributed by atoms with van der Waals surface area (Å²) in [5.74, 6) is 0. The Bertz CT molecular complexity index is 366. The van der Waals surface area contributed by atoms with Gasteiger partial charge in [0.2, 0.25) is 4.86 Å². The van der Waals surface area contributed by atoms with Crippen molar-refractivity contribution < 1.29 is 8.42 Å². The predicted molar refractivity (Wildman–Crippen MR) is 49.9 cm³/mol. The van der Waals surface area contributed by atoms with Gasteiger partial charge in [-0.2, -0.15) is 8.42 Å². The largest absolute Gasteiger partial charge is 0.291 e. The van der Waals surface area contributed by atoms with E-state index < -0.39 is 10.3 Å². The van der Waals surface area contributed by atoms with Crippen LogP contribution in [0.1, 0.15) is 0 Å². The molecule has 0 radical (unpaired) electrons. The minimum absolute atomic E-state index is 0.169. The second kappa shape index (κ2) is 2.95. The Labute approximate surface area is 73.4 Å². The quantitative estimate of drug-likeness (QED) is 0.318. The van der Waals surface area contributed by atoms with Crippen molar-refractivity contribution in [3.8, 4) is 0 Å². The van der Waals surface area contributed by atoms with Crippen molar-refractivity contribution in [1.82, 2.24) is 0 Å². The summed E-state index contributed by atoms with van der Waals surface area (Å²) in [6.45, 7) is 10.8. The molecule has 0 aromatic carbocycles. The lowest BCUT2D eigenvalue weighted by molar-refractivity contribution is 0.627. The van der Waals surface area contributed by atoms with E-state index in [4.69, 9.17) is 0 Å². The zero-order chi connectivity index (χ0) is 9.30. The molecular formula is C9H8O2S+2. The van der Waals surface area contributed by atoms with Crippen LogP contribution in [0.4, 0.5) is 0 Å². The van der Waals surface area contributed by atoms with Gasteiger partial charge in [-0.25, -0.2) is 0 Å². The first-order valence-corrected chi connectivity index (χ1v) is 4.33. The number of hydrogen-bond donors (Lipinski definition) is 0. The van der Waals surface area contributed by atoms with Gasteiger partial charge in [-0.3, -0.25) is 0 Å². The van der Waals surface area contributed by atoms with E-state index in [0.29, 0.717) is 11.1 Å². The standard InChI is InChI=1S/C9H8O2S/c1-6-4-7(2)9(12(10)11)8(3)5-6/h4-5H,1-3H2/q+2. The molecule has 3 heteroatoms. The van der Waals surface area contributed by atoms with E-state index in [1.54, 1.807) is 12.8 Å². The molecule has 0 aromatic rings. The topological polar surface area (TPSA) is 34.1 Å². The molecule has 1 fully saturated rings. The van der Waals surface area contributed by atoms with Gasteiger partial charge in [0.05, 0.1) is 6.42 Å². The second-order valence-electron chi connectivity index (χ2n) is 2.48. The molecule has 0 aliphatic heterocycles. The fourth-order valence-corrected chi connectivity index (χ4v) is 1.59. The molecule has 60 valence electrons. The van der Waals surface area contributed by atoms with Crippen LogP contribution in [0.2, 0.25) is 0 Å². The summed E-state index contributed by atoms with van der Waals surface area (Å²) < 4.78 is 21.3. The lowest BCUT2D eigenvalue weighted by atomic mass is 9.89. The van der Waals surface area contributed by atoms with Gasteiger partial charge in [0.1, 0.15) is 12.0 Å². The maximum atomic E-state index is 10.7. The third kappa shape index (κ3) is 1.46. The van der Waals surface area contributed by atoms with Crippen LogP contribution in [0.25, 0.3) is 0 Å². The van der Waals surface area contributed by atoms with Crippen LogP contribution in [0.5, 0.6) is 0 Å². The summed E-state index contributed by atoms with van der Waals surface area (Å²) in [6, 6.07) is 0. The first-order chi connectivity index (χ1) is 5.52. The van der Waals surface area contributed by atoms with Crippen molar-refractivity contribution in [2.75, 3.05) is 0 Å². The fraction of sp³-hybridized carbons (Fsp3) is 0. The number of allylic oxidation sites excluding steroid dienone is 3. The van der Waals surface area contributed by atoms with Crippen LogP contribution < -0.4 is 0 Å². The van der Waals surface area contributed by atoms with Crippen LogP contribution >= 0.6 is 0 Å². The molecule has 1 aliphatic carbocycles. The molecule has 1 aliphatic rings. The minimum atomic E-state index is -2.26. The third-order valence-corrected chi connectivity index (χ3v) is 2.33. The maximum absolute atomic E-state index is 10.7. The van der Waals surface area contributed by atoms with Gasteiger partial charge >= 0.3 is 0 Å². The van der Waals surface area contributed by atoms with Crippen molar-refractivity contribution in [3.05, 3.63) is 49.3 Å². The second-order valence-corrected chi connectivity index (χ2v) is 3.36.